The highest BCUT2D eigenvalue weighted by atomic mass is 19.1. The summed E-state index contributed by atoms with van der Waals surface area (Å²) in [6.07, 6.45) is 0. The van der Waals surface area contributed by atoms with E-state index in [4.69, 9.17) is 5.73 Å². The molecule has 6 heteroatoms. The SMILES string of the molecule is Cc1cccc(F)c1Nc1ccc([N+](=O)[O-])c(N)c1. The fourth-order valence-corrected chi connectivity index (χ4v) is 1.73. The quantitative estimate of drug-likeness (QED) is 0.504. The van der Waals surface area contributed by atoms with Crippen LogP contribution in [0.5, 0.6) is 0 Å². The van der Waals surface area contributed by atoms with Gasteiger partial charge >= 0.3 is 0 Å². The number of nitrogen functional groups attached to an aromatic ring is 1. The van der Waals surface area contributed by atoms with Crippen LogP contribution in [0, 0.1) is 22.9 Å². The molecule has 2 aromatic rings. The monoisotopic (exact) mass is 261 g/mol. The lowest BCUT2D eigenvalue weighted by Crippen LogP contribution is -1.99. The molecule has 0 heterocycles. The van der Waals surface area contributed by atoms with E-state index in [1.807, 2.05) is 0 Å². The molecule has 0 amide bonds. The molecule has 0 bridgehead atoms. The third kappa shape index (κ3) is 2.62. The van der Waals surface area contributed by atoms with Gasteiger partial charge in [-0.1, -0.05) is 12.1 Å². The molecule has 2 rings (SSSR count). The Morgan fingerprint density at radius 3 is 2.63 bits per heavy atom. The topological polar surface area (TPSA) is 81.2 Å². The molecule has 19 heavy (non-hydrogen) atoms. The molecule has 0 radical (unpaired) electrons. The van der Waals surface area contributed by atoms with Crippen LogP contribution in [-0.2, 0) is 0 Å². The Morgan fingerprint density at radius 1 is 1.32 bits per heavy atom. The summed E-state index contributed by atoms with van der Waals surface area (Å²) in [5.74, 6) is -0.392. The first-order valence-corrected chi connectivity index (χ1v) is 5.55. The van der Waals surface area contributed by atoms with E-state index in [9.17, 15) is 14.5 Å². The predicted molar refractivity (Wildman–Crippen MR) is 71.9 cm³/mol. The largest absolute Gasteiger partial charge is 0.393 e. The first-order chi connectivity index (χ1) is 8.99. The number of halogens is 1. The molecule has 0 aliphatic carbocycles. The first kappa shape index (κ1) is 12.8. The van der Waals surface area contributed by atoms with Gasteiger partial charge < -0.3 is 11.1 Å². The van der Waals surface area contributed by atoms with E-state index in [-0.39, 0.29) is 11.4 Å². The van der Waals surface area contributed by atoms with Gasteiger partial charge in [-0.3, -0.25) is 10.1 Å². The van der Waals surface area contributed by atoms with E-state index in [1.165, 1.54) is 24.3 Å². The van der Waals surface area contributed by atoms with E-state index in [2.05, 4.69) is 5.32 Å². The highest BCUT2D eigenvalue weighted by Gasteiger charge is 2.12. The maximum Gasteiger partial charge on any atom is 0.292 e. The number of hydrogen-bond donors (Lipinski definition) is 2. The lowest BCUT2D eigenvalue weighted by molar-refractivity contribution is -0.383. The average Bonchev–Trinajstić information content (AvgIpc) is 2.33. The zero-order valence-corrected chi connectivity index (χ0v) is 10.2. The third-order valence-electron chi connectivity index (χ3n) is 2.72. The number of hydrogen-bond acceptors (Lipinski definition) is 4. The molecule has 3 N–H and O–H groups in total. The van der Waals surface area contributed by atoms with Crippen molar-refractivity contribution < 1.29 is 9.31 Å². The number of benzene rings is 2. The Labute approximate surface area is 109 Å². The Hall–Kier alpha value is -2.63. The molecule has 0 aliphatic rings. The maximum atomic E-state index is 13.6. The molecule has 2 aromatic carbocycles. The van der Waals surface area contributed by atoms with Crippen molar-refractivity contribution in [1.29, 1.82) is 0 Å². The fourth-order valence-electron chi connectivity index (χ4n) is 1.73. The van der Waals surface area contributed by atoms with E-state index in [1.54, 1.807) is 19.1 Å². The Kier molecular flexibility index (Phi) is 3.33. The van der Waals surface area contributed by atoms with Gasteiger partial charge in [0.2, 0.25) is 0 Å². The van der Waals surface area contributed by atoms with Crippen LogP contribution in [-0.4, -0.2) is 4.92 Å². The van der Waals surface area contributed by atoms with Crippen LogP contribution in [0.2, 0.25) is 0 Å². The maximum absolute atomic E-state index is 13.6. The molecule has 0 aliphatic heterocycles. The van der Waals surface area contributed by atoms with E-state index >= 15 is 0 Å². The van der Waals surface area contributed by atoms with Gasteiger partial charge in [0.1, 0.15) is 11.5 Å². The number of rotatable bonds is 3. The molecule has 0 fully saturated rings. The standard InChI is InChI=1S/C13H12FN3O2/c1-8-3-2-4-10(14)13(8)16-9-5-6-12(17(18)19)11(15)7-9/h2-7,16H,15H2,1H3. The summed E-state index contributed by atoms with van der Waals surface area (Å²) < 4.78 is 13.6. The average molecular weight is 261 g/mol. The van der Waals surface area contributed by atoms with Crippen LogP contribution in [0.25, 0.3) is 0 Å². The zero-order chi connectivity index (χ0) is 14.0. The van der Waals surface area contributed by atoms with Gasteiger partial charge in [0.15, 0.2) is 0 Å². The first-order valence-electron chi connectivity index (χ1n) is 5.55. The second-order valence-corrected chi connectivity index (χ2v) is 4.09. The van der Waals surface area contributed by atoms with Gasteiger partial charge in [0.25, 0.3) is 5.69 Å². The number of nitrogens with zero attached hydrogens (tertiary/aromatic N) is 1. The number of nitrogens with two attached hydrogens (primary N) is 1. The summed E-state index contributed by atoms with van der Waals surface area (Å²) >= 11 is 0. The number of nitrogens with one attached hydrogen (secondary N) is 1. The molecule has 0 atom stereocenters. The number of para-hydroxylation sites is 1. The van der Waals surface area contributed by atoms with Gasteiger partial charge in [-0.15, -0.1) is 0 Å². The third-order valence-corrected chi connectivity index (χ3v) is 2.72. The molecule has 0 aromatic heterocycles. The molecule has 0 saturated heterocycles. The Balaban J connectivity index is 2.34. The molecular formula is C13H12FN3O2. The zero-order valence-electron chi connectivity index (χ0n) is 10.2. The van der Waals surface area contributed by atoms with E-state index in [0.29, 0.717) is 11.4 Å². The lowest BCUT2D eigenvalue weighted by atomic mass is 10.1. The molecule has 5 nitrogen and oxygen atoms in total. The summed E-state index contributed by atoms with van der Waals surface area (Å²) in [7, 11) is 0. The normalized spacial score (nSPS) is 10.2. The van der Waals surface area contributed by atoms with Crippen molar-refractivity contribution in [3.63, 3.8) is 0 Å². The second-order valence-electron chi connectivity index (χ2n) is 4.09. The van der Waals surface area contributed by atoms with Crippen molar-refractivity contribution in [2.75, 3.05) is 11.1 Å². The molecule has 0 spiro atoms. The summed E-state index contributed by atoms with van der Waals surface area (Å²) in [6.45, 7) is 1.76. The number of nitro benzene ring substituents is 1. The Bertz CT molecular complexity index is 624. The smallest absolute Gasteiger partial charge is 0.292 e. The van der Waals surface area contributed by atoms with Crippen molar-refractivity contribution >= 4 is 22.7 Å². The fraction of sp³-hybridized carbons (Fsp3) is 0.0769. The highest BCUT2D eigenvalue weighted by Crippen LogP contribution is 2.28. The number of anilines is 3. The van der Waals surface area contributed by atoms with Gasteiger partial charge in [0.05, 0.1) is 10.6 Å². The van der Waals surface area contributed by atoms with Crippen molar-refractivity contribution in [1.82, 2.24) is 0 Å². The summed E-state index contributed by atoms with van der Waals surface area (Å²) in [6, 6.07) is 8.89. The van der Waals surface area contributed by atoms with Gasteiger partial charge in [0, 0.05) is 11.8 Å². The molecule has 98 valence electrons. The minimum absolute atomic E-state index is 0.0315. The second kappa shape index (κ2) is 4.93. The minimum Gasteiger partial charge on any atom is -0.393 e. The summed E-state index contributed by atoms with van der Waals surface area (Å²) in [4.78, 5) is 10.1. The minimum atomic E-state index is -0.562. The number of nitro groups is 1. The molecule has 0 unspecified atom stereocenters. The van der Waals surface area contributed by atoms with Crippen LogP contribution < -0.4 is 11.1 Å². The van der Waals surface area contributed by atoms with Crippen molar-refractivity contribution in [3.05, 3.63) is 57.9 Å². The summed E-state index contributed by atoms with van der Waals surface area (Å²) in [5.41, 5.74) is 7.00. The van der Waals surface area contributed by atoms with Gasteiger partial charge in [-0.2, -0.15) is 0 Å². The van der Waals surface area contributed by atoms with Crippen LogP contribution >= 0.6 is 0 Å². The van der Waals surface area contributed by atoms with Crippen molar-refractivity contribution in [2.45, 2.75) is 6.92 Å². The van der Waals surface area contributed by atoms with Crippen LogP contribution in [0.4, 0.5) is 27.1 Å². The lowest BCUT2D eigenvalue weighted by Gasteiger charge is -2.11. The van der Waals surface area contributed by atoms with Crippen molar-refractivity contribution in [3.8, 4) is 0 Å². The van der Waals surface area contributed by atoms with E-state index < -0.39 is 10.7 Å². The van der Waals surface area contributed by atoms with Gasteiger partial charge in [-0.05, 0) is 30.7 Å². The van der Waals surface area contributed by atoms with Crippen LogP contribution in [0.15, 0.2) is 36.4 Å². The molecular weight excluding hydrogens is 249 g/mol. The van der Waals surface area contributed by atoms with Gasteiger partial charge in [-0.25, -0.2) is 4.39 Å². The molecule has 0 saturated carbocycles. The van der Waals surface area contributed by atoms with Crippen LogP contribution in [0.1, 0.15) is 5.56 Å². The van der Waals surface area contributed by atoms with E-state index in [0.717, 1.165) is 5.56 Å². The van der Waals surface area contributed by atoms with Crippen molar-refractivity contribution in [2.24, 2.45) is 0 Å². The predicted octanol–water partition coefficient (Wildman–Crippen LogP) is 3.37. The highest BCUT2D eigenvalue weighted by molar-refractivity contribution is 5.71. The number of aryl methyl sites for hydroxylation is 1. The Morgan fingerprint density at radius 2 is 2.05 bits per heavy atom. The summed E-state index contributed by atoms with van der Waals surface area (Å²) in [5, 5.41) is 13.5. The van der Waals surface area contributed by atoms with Crippen LogP contribution in [0.3, 0.4) is 0 Å².